The van der Waals surface area contributed by atoms with Crippen LogP contribution in [0.2, 0.25) is 0 Å². The van der Waals surface area contributed by atoms with Crippen LogP contribution in [0, 0.1) is 0 Å². The number of amides is 2. The number of nitrogens with zero attached hydrogens (tertiary/aromatic N) is 2. The van der Waals surface area contributed by atoms with E-state index in [4.69, 9.17) is 0 Å². The number of carbonyl (C=O) groups excluding carboxylic acids is 2. The number of likely N-dealkylation sites (N-methyl/N-ethyl adjacent to an activating group) is 2. The van der Waals surface area contributed by atoms with Gasteiger partial charge in [-0.2, -0.15) is 0 Å². The number of hydrogen-bond donors (Lipinski definition) is 1. The molecule has 2 amide bonds. The summed E-state index contributed by atoms with van der Waals surface area (Å²) in [4.78, 5) is 25.8. The maximum atomic E-state index is 12.6. The average molecular weight is 342 g/mol. The third kappa shape index (κ3) is 3.42. The Hall–Kier alpha value is -1.30. The summed E-state index contributed by atoms with van der Waals surface area (Å²) in [5.41, 5.74) is 0.658. The van der Waals surface area contributed by atoms with E-state index in [9.17, 15) is 9.59 Å². The van der Waals surface area contributed by atoms with E-state index >= 15 is 0 Å². The first kappa shape index (κ1) is 15.1. The number of halogens is 1. The molecule has 1 aliphatic carbocycles. The van der Waals surface area contributed by atoms with E-state index in [1.807, 2.05) is 30.7 Å². The van der Waals surface area contributed by atoms with Crippen molar-refractivity contribution in [3.8, 4) is 0 Å². The van der Waals surface area contributed by atoms with Crippen molar-refractivity contribution in [2.45, 2.75) is 32.7 Å². The maximum absolute atomic E-state index is 12.6. The van der Waals surface area contributed by atoms with Crippen LogP contribution in [0.1, 0.15) is 43.2 Å². The maximum Gasteiger partial charge on any atom is 0.270 e. The van der Waals surface area contributed by atoms with E-state index in [2.05, 4.69) is 21.2 Å². The van der Waals surface area contributed by atoms with Gasteiger partial charge in [0.05, 0.1) is 6.54 Å². The highest BCUT2D eigenvalue weighted by Crippen LogP contribution is 2.37. The second-order valence-electron chi connectivity index (χ2n) is 4.95. The topological polar surface area (TPSA) is 54.3 Å². The number of aromatic nitrogens is 1. The smallest absolute Gasteiger partial charge is 0.270 e. The summed E-state index contributed by atoms with van der Waals surface area (Å²) in [5.74, 6) is -0.206. The highest BCUT2D eigenvalue weighted by atomic mass is 79.9. The molecule has 0 aliphatic heterocycles. The molecule has 20 heavy (non-hydrogen) atoms. The van der Waals surface area contributed by atoms with Gasteiger partial charge in [0.2, 0.25) is 5.91 Å². The molecule has 0 saturated heterocycles. The molecule has 0 radical (unpaired) electrons. The predicted octanol–water partition coefficient (Wildman–Crippen LogP) is 2.18. The Kier molecular flexibility index (Phi) is 4.86. The van der Waals surface area contributed by atoms with Crippen LogP contribution in [-0.2, 0) is 4.79 Å². The molecule has 0 unspecified atom stereocenters. The Morgan fingerprint density at radius 3 is 2.70 bits per heavy atom. The molecule has 1 aromatic heterocycles. The zero-order chi connectivity index (χ0) is 14.7. The number of rotatable bonds is 6. The fourth-order valence-electron chi connectivity index (χ4n) is 2.19. The van der Waals surface area contributed by atoms with Crippen LogP contribution in [0.4, 0.5) is 0 Å². The van der Waals surface area contributed by atoms with E-state index in [0.29, 0.717) is 24.8 Å². The van der Waals surface area contributed by atoms with Gasteiger partial charge < -0.3 is 14.8 Å². The Labute approximate surface area is 127 Å². The van der Waals surface area contributed by atoms with Crippen LogP contribution < -0.4 is 5.32 Å². The minimum absolute atomic E-state index is 0.0867. The average Bonchev–Trinajstić information content (AvgIpc) is 3.18. The first-order chi connectivity index (χ1) is 9.56. The first-order valence-corrected chi connectivity index (χ1v) is 7.79. The van der Waals surface area contributed by atoms with Crippen molar-refractivity contribution < 1.29 is 9.59 Å². The lowest BCUT2D eigenvalue weighted by molar-refractivity contribution is -0.121. The van der Waals surface area contributed by atoms with Gasteiger partial charge in [0.25, 0.3) is 5.91 Å². The van der Waals surface area contributed by atoms with Crippen LogP contribution in [0.5, 0.6) is 0 Å². The minimum Gasteiger partial charge on any atom is -0.355 e. The quantitative estimate of drug-likeness (QED) is 0.862. The van der Waals surface area contributed by atoms with Gasteiger partial charge in [-0.1, -0.05) is 0 Å². The van der Waals surface area contributed by atoms with Crippen LogP contribution >= 0.6 is 15.9 Å². The summed E-state index contributed by atoms with van der Waals surface area (Å²) in [7, 11) is 0. The Balaban J connectivity index is 2.13. The fraction of sp³-hybridized carbons (Fsp3) is 0.571. The summed E-state index contributed by atoms with van der Waals surface area (Å²) in [6, 6.07) is 2.27. The molecule has 0 bridgehead atoms. The van der Waals surface area contributed by atoms with Crippen molar-refractivity contribution in [1.29, 1.82) is 0 Å². The van der Waals surface area contributed by atoms with Gasteiger partial charge in [-0.05, 0) is 48.7 Å². The molecule has 1 heterocycles. The summed E-state index contributed by atoms with van der Waals surface area (Å²) in [6.45, 7) is 4.95. The zero-order valence-corrected chi connectivity index (χ0v) is 13.4. The SMILES string of the molecule is CCNC(=O)CN(CC)C(=O)c1cc(Br)cn1C1CC1. The molecule has 2 rings (SSSR count). The van der Waals surface area contributed by atoms with E-state index in [1.54, 1.807) is 4.90 Å². The third-order valence-electron chi connectivity index (χ3n) is 3.35. The molecule has 1 aliphatic rings. The van der Waals surface area contributed by atoms with Gasteiger partial charge in [0.15, 0.2) is 0 Å². The summed E-state index contributed by atoms with van der Waals surface area (Å²) >= 11 is 3.42. The van der Waals surface area contributed by atoms with Crippen LogP contribution in [0.15, 0.2) is 16.7 Å². The van der Waals surface area contributed by atoms with Crippen LogP contribution in [0.25, 0.3) is 0 Å². The molecule has 0 aromatic carbocycles. The Bertz CT molecular complexity index is 509. The van der Waals surface area contributed by atoms with Crippen LogP contribution in [0.3, 0.4) is 0 Å². The molecular weight excluding hydrogens is 322 g/mol. The Morgan fingerprint density at radius 1 is 1.45 bits per heavy atom. The standard InChI is InChI=1S/C14H20BrN3O2/c1-3-16-13(19)9-17(4-2)14(20)12-7-10(15)8-18(12)11-5-6-11/h7-8,11H,3-6,9H2,1-2H3,(H,16,19). The normalized spacial score (nSPS) is 14.2. The fourth-order valence-corrected chi connectivity index (χ4v) is 2.62. The van der Waals surface area contributed by atoms with Gasteiger partial charge in [0, 0.05) is 29.8 Å². The molecule has 1 saturated carbocycles. The molecule has 1 aromatic rings. The molecule has 1 fully saturated rings. The van der Waals surface area contributed by atoms with Crippen molar-refractivity contribution in [2.24, 2.45) is 0 Å². The molecule has 6 heteroatoms. The molecule has 5 nitrogen and oxygen atoms in total. The summed E-state index contributed by atoms with van der Waals surface area (Å²) < 4.78 is 2.93. The second kappa shape index (κ2) is 6.43. The second-order valence-corrected chi connectivity index (χ2v) is 5.87. The molecular formula is C14H20BrN3O2. The highest BCUT2D eigenvalue weighted by Gasteiger charge is 2.29. The Morgan fingerprint density at radius 2 is 2.15 bits per heavy atom. The lowest BCUT2D eigenvalue weighted by Gasteiger charge is -2.21. The minimum atomic E-state index is -0.119. The molecule has 0 spiro atoms. The molecule has 110 valence electrons. The van der Waals surface area contributed by atoms with Gasteiger partial charge in [-0.25, -0.2) is 0 Å². The van der Waals surface area contributed by atoms with E-state index in [1.165, 1.54) is 0 Å². The lowest BCUT2D eigenvalue weighted by atomic mass is 10.3. The summed E-state index contributed by atoms with van der Waals surface area (Å²) in [5, 5.41) is 2.72. The number of carbonyl (C=O) groups is 2. The molecule has 0 atom stereocenters. The number of nitrogens with one attached hydrogen (secondary N) is 1. The van der Waals surface area contributed by atoms with Crippen molar-refractivity contribution in [3.05, 3.63) is 22.4 Å². The van der Waals surface area contributed by atoms with Crippen molar-refractivity contribution in [1.82, 2.24) is 14.8 Å². The zero-order valence-electron chi connectivity index (χ0n) is 11.9. The van der Waals surface area contributed by atoms with E-state index in [0.717, 1.165) is 17.3 Å². The third-order valence-corrected chi connectivity index (χ3v) is 3.79. The van der Waals surface area contributed by atoms with Crippen molar-refractivity contribution in [2.75, 3.05) is 19.6 Å². The first-order valence-electron chi connectivity index (χ1n) is 7.00. The molecule has 1 N–H and O–H groups in total. The number of hydrogen-bond acceptors (Lipinski definition) is 2. The largest absolute Gasteiger partial charge is 0.355 e. The van der Waals surface area contributed by atoms with Crippen molar-refractivity contribution in [3.63, 3.8) is 0 Å². The van der Waals surface area contributed by atoms with Gasteiger partial charge in [-0.15, -0.1) is 0 Å². The van der Waals surface area contributed by atoms with Gasteiger partial charge >= 0.3 is 0 Å². The monoisotopic (exact) mass is 341 g/mol. The van der Waals surface area contributed by atoms with Gasteiger partial charge in [0.1, 0.15) is 5.69 Å². The highest BCUT2D eigenvalue weighted by molar-refractivity contribution is 9.10. The summed E-state index contributed by atoms with van der Waals surface area (Å²) in [6.07, 6.45) is 4.18. The van der Waals surface area contributed by atoms with Crippen LogP contribution in [-0.4, -0.2) is 40.9 Å². The van der Waals surface area contributed by atoms with E-state index in [-0.39, 0.29) is 18.4 Å². The van der Waals surface area contributed by atoms with Crippen molar-refractivity contribution >= 4 is 27.7 Å². The van der Waals surface area contributed by atoms with Gasteiger partial charge in [-0.3, -0.25) is 9.59 Å². The lowest BCUT2D eigenvalue weighted by Crippen LogP contribution is -2.41. The van der Waals surface area contributed by atoms with E-state index < -0.39 is 0 Å². The predicted molar refractivity (Wildman–Crippen MR) is 80.7 cm³/mol.